The lowest BCUT2D eigenvalue weighted by Crippen LogP contribution is -2.39. The predicted molar refractivity (Wildman–Crippen MR) is 86.7 cm³/mol. The SMILES string of the molecule is O=C(C1Cc2ccccc2N1)N1N=CCC1c1ccccc1. The topological polar surface area (TPSA) is 44.7 Å². The number of carbonyl (C=O) groups excluding carboxylic acids is 1. The van der Waals surface area contributed by atoms with E-state index in [1.807, 2.05) is 42.6 Å². The molecular weight excluding hydrogens is 274 g/mol. The zero-order valence-corrected chi connectivity index (χ0v) is 12.1. The summed E-state index contributed by atoms with van der Waals surface area (Å²) in [5, 5.41) is 9.28. The van der Waals surface area contributed by atoms with Crippen LogP contribution in [0.3, 0.4) is 0 Å². The molecule has 1 N–H and O–H groups in total. The summed E-state index contributed by atoms with van der Waals surface area (Å²) in [5.74, 6) is 0.0406. The van der Waals surface area contributed by atoms with Crippen molar-refractivity contribution >= 4 is 17.8 Å². The number of hydrogen-bond donors (Lipinski definition) is 1. The quantitative estimate of drug-likeness (QED) is 0.924. The lowest BCUT2D eigenvalue weighted by atomic mass is 10.0. The van der Waals surface area contributed by atoms with E-state index in [0.29, 0.717) is 0 Å². The Kier molecular flexibility index (Phi) is 3.15. The molecule has 0 aliphatic carbocycles. The average molecular weight is 291 g/mol. The molecule has 2 aliphatic heterocycles. The van der Waals surface area contributed by atoms with Crippen LogP contribution in [-0.2, 0) is 11.2 Å². The molecule has 0 bridgehead atoms. The number of rotatable bonds is 2. The molecule has 4 rings (SSSR count). The standard InChI is InChI=1S/C18H17N3O/c22-18(16-12-14-8-4-5-9-15(14)20-16)21-17(10-11-19-21)13-6-2-1-3-7-13/h1-9,11,16-17,20H,10,12H2. The minimum atomic E-state index is -0.223. The Labute approximate surface area is 129 Å². The minimum absolute atomic E-state index is 0.0132. The molecule has 0 radical (unpaired) electrons. The number of anilines is 1. The number of nitrogens with one attached hydrogen (secondary N) is 1. The van der Waals surface area contributed by atoms with Gasteiger partial charge in [-0.05, 0) is 17.2 Å². The van der Waals surface area contributed by atoms with Gasteiger partial charge in [0.25, 0.3) is 5.91 Å². The number of hydrazone groups is 1. The summed E-state index contributed by atoms with van der Waals surface area (Å²) in [6.07, 6.45) is 3.33. The van der Waals surface area contributed by atoms with Crippen molar-refractivity contribution in [1.29, 1.82) is 0 Å². The summed E-state index contributed by atoms with van der Waals surface area (Å²) in [6.45, 7) is 0. The highest BCUT2D eigenvalue weighted by atomic mass is 16.2. The third kappa shape index (κ3) is 2.17. The molecule has 4 heteroatoms. The highest BCUT2D eigenvalue weighted by molar-refractivity contribution is 5.89. The maximum absolute atomic E-state index is 12.8. The summed E-state index contributed by atoms with van der Waals surface area (Å²) in [4.78, 5) is 12.8. The van der Waals surface area contributed by atoms with E-state index < -0.39 is 0 Å². The first kappa shape index (κ1) is 13.1. The van der Waals surface area contributed by atoms with Crippen LogP contribution in [0.5, 0.6) is 0 Å². The Morgan fingerprint density at radius 2 is 1.86 bits per heavy atom. The second-order valence-electron chi connectivity index (χ2n) is 5.70. The second kappa shape index (κ2) is 5.30. The van der Waals surface area contributed by atoms with Crippen molar-refractivity contribution in [2.75, 3.05) is 5.32 Å². The van der Waals surface area contributed by atoms with Gasteiger partial charge in [0.05, 0.1) is 6.04 Å². The van der Waals surface area contributed by atoms with Gasteiger partial charge in [0.15, 0.2) is 0 Å². The Bertz CT molecular complexity index is 701. The molecule has 110 valence electrons. The minimum Gasteiger partial charge on any atom is -0.373 e. The summed E-state index contributed by atoms with van der Waals surface area (Å²) < 4.78 is 0. The Hall–Kier alpha value is -2.62. The highest BCUT2D eigenvalue weighted by Crippen LogP contribution is 2.32. The molecule has 2 atom stereocenters. The summed E-state index contributed by atoms with van der Waals surface area (Å²) in [6, 6.07) is 18.0. The summed E-state index contributed by atoms with van der Waals surface area (Å²) in [5.41, 5.74) is 3.38. The average Bonchev–Trinajstić information content (AvgIpc) is 3.21. The normalized spacial score (nSPS) is 22.5. The molecular formula is C18H17N3O. The van der Waals surface area contributed by atoms with Gasteiger partial charge in [0.1, 0.15) is 6.04 Å². The van der Waals surface area contributed by atoms with Crippen molar-refractivity contribution in [2.45, 2.75) is 24.9 Å². The van der Waals surface area contributed by atoms with Gasteiger partial charge in [-0.25, -0.2) is 5.01 Å². The zero-order chi connectivity index (χ0) is 14.9. The van der Waals surface area contributed by atoms with Gasteiger partial charge < -0.3 is 5.32 Å². The molecule has 2 heterocycles. The molecule has 1 amide bonds. The van der Waals surface area contributed by atoms with Gasteiger partial charge in [-0.1, -0.05) is 48.5 Å². The number of nitrogens with zero attached hydrogens (tertiary/aromatic N) is 2. The van der Waals surface area contributed by atoms with Crippen molar-refractivity contribution in [3.05, 3.63) is 65.7 Å². The largest absolute Gasteiger partial charge is 0.373 e. The molecule has 2 unspecified atom stereocenters. The van der Waals surface area contributed by atoms with E-state index >= 15 is 0 Å². The van der Waals surface area contributed by atoms with Gasteiger partial charge in [-0.3, -0.25) is 4.79 Å². The summed E-state index contributed by atoms with van der Waals surface area (Å²) >= 11 is 0. The Morgan fingerprint density at radius 3 is 2.68 bits per heavy atom. The lowest BCUT2D eigenvalue weighted by molar-refractivity contribution is -0.133. The van der Waals surface area contributed by atoms with Crippen molar-refractivity contribution in [1.82, 2.24) is 5.01 Å². The molecule has 0 aromatic heterocycles. The third-order valence-electron chi connectivity index (χ3n) is 4.31. The predicted octanol–water partition coefficient (Wildman–Crippen LogP) is 2.98. The number of para-hydroxylation sites is 1. The van der Waals surface area contributed by atoms with Gasteiger partial charge >= 0.3 is 0 Å². The summed E-state index contributed by atoms with van der Waals surface area (Å²) in [7, 11) is 0. The fraction of sp³-hybridized carbons (Fsp3) is 0.222. The molecule has 4 nitrogen and oxygen atoms in total. The van der Waals surface area contributed by atoms with Crippen LogP contribution in [0.25, 0.3) is 0 Å². The molecule has 0 spiro atoms. The monoisotopic (exact) mass is 291 g/mol. The van der Waals surface area contributed by atoms with Crippen LogP contribution in [-0.4, -0.2) is 23.2 Å². The molecule has 22 heavy (non-hydrogen) atoms. The number of fused-ring (bicyclic) bond motifs is 1. The lowest BCUT2D eigenvalue weighted by Gasteiger charge is -2.25. The first-order valence-corrected chi connectivity index (χ1v) is 7.58. The van der Waals surface area contributed by atoms with E-state index in [1.165, 1.54) is 5.56 Å². The van der Waals surface area contributed by atoms with Gasteiger partial charge in [0.2, 0.25) is 0 Å². The van der Waals surface area contributed by atoms with Crippen LogP contribution in [0, 0.1) is 0 Å². The van der Waals surface area contributed by atoms with Crippen LogP contribution in [0.2, 0.25) is 0 Å². The molecule has 2 aliphatic rings. The fourth-order valence-electron chi connectivity index (χ4n) is 3.18. The smallest absolute Gasteiger partial charge is 0.266 e. The van der Waals surface area contributed by atoms with Crippen molar-refractivity contribution in [2.24, 2.45) is 5.10 Å². The van der Waals surface area contributed by atoms with E-state index in [9.17, 15) is 4.79 Å². The highest BCUT2D eigenvalue weighted by Gasteiger charge is 2.35. The van der Waals surface area contributed by atoms with Crippen LogP contribution in [0.15, 0.2) is 59.7 Å². The molecule has 0 saturated heterocycles. The number of carbonyl (C=O) groups is 1. The van der Waals surface area contributed by atoms with Crippen LogP contribution >= 0.6 is 0 Å². The third-order valence-corrected chi connectivity index (χ3v) is 4.31. The Morgan fingerprint density at radius 1 is 1.09 bits per heavy atom. The molecule has 0 saturated carbocycles. The van der Waals surface area contributed by atoms with Crippen LogP contribution < -0.4 is 5.32 Å². The second-order valence-corrected chi connectivity index (χ2v) is 5.70. The number of hydrogen-bond acceptors (Lipinski definition) is 3. The maximum atomic E-state index is 12.8. The van der Waals surface area contributed by atoms with Gasteiger partial charge in [0, 0.05) is 24.7 Å². The zero-order valence-electron chi connectivity index (χ0n) is 12.1. The van der Waals surface area contributed by atoms with Crippen LogP contribution in [0.4, 0.5) is 5.69 Å². The van der Waals surface area contributed by atoms with E-state index in [4.69, 9.17) is 0 Å². The van der Waals surface area contributed by atoms with Crippen molar-refractivity contribution in [3.8, 4) is 0 Å². The van der Waals surface area contributed by atoms with Gasteiger partial charge in [-0.2, -0.15) is 5.10 Å². The van der Waals surface area contributed by atoms with E-state index in [0.717, 1.165) is 24.1 Å². The van der Waals surface area contributed by atoms with E-state index in [1.54, 1.807) is 5.01 Å². The number of benzene rings is 2. The Balaban J connectivity index is 1.55. The van der Waals surface area contributed by atoms with E-state index in [2.05, 4.69) is 28.6 Å². The maximum Gasteiger partial charge on any atom is 0.266 e. The van der Waals surface area contributed by atoms with Crippen LogP contribution in [0.1, 0.15) is 23.6 Å². The molecule has 2 aromatic carbocycles. The molecule has 2 aromatic rings. The molecule has 0 fully saturated rings. The van der Waals surface area contributed by atoms with Gasteiger partial charge in [-0.15, -0.1) is 0 Å². The van der Waals surface area contributed by atoms with Crippen molar-refractivity contribution in [3.63, 3.8) is 0 Å². The van der Waals surface area contributed by atoms with Crippen molar-refractivity contribution < 1.29 is 4.79 Å². The van der Waals surface area contributed by atoms with E-state index in [-0.39, 0.29) is 18.0 Å². The fourth-order valence-corrected chi connectivity index (χ4v) is 3.18. The first-order chi connectivity index (χ1) is 10.8. The number of amides is 1. The first-order valence-electron chi connectivity index (χ1n) is 7.58.